The fraction of sp³-hybridized carbons (Fsp3) is 0.304. The molecule has 164 valence electrons. The highest BCUT2D eigenvalue weighted by atomic mass is 35.5. The largest absolute Gasteiger partial charge is 0.419 e. The van der Waals surface area contributed by atoms with E-state index in [4.69, 9.17) is 16.0 Å². The van der Waals surface area contributed by atoms with Crippen molar-refractivity contribution in [2.24, 2.45) is 0 Å². The molecule has 1 unspecified atom stereocenters. The summed E-state index contributed by atoms with van der Waals surface area (Å²) in [5.41, 5.74) is 3.03. The van der Waals surface area contributed by atoms with Gasteiger partial charge in [0.05, 0.1) is 10.9 Å². The Labute approximate surface area is 195 Å². The van der Waals surface area contributed by atoms with Crippen LogP contribution in [0.2, 0.25) is 5.02 Å². The van der Waals surface area contributed by atoms with Crippen molar-refractivity contribution in [1.29, 1.82) is 0 Å². The van der Waals surface area contributed by atoms with Gasteiger partial charge in [-0.15, -0.1) is 20.4 Å². The van der Waals surface area contributed by atoms with Gasteiger partial charge in [-0.1, -0.05) is 47.1 Å². The molecule has 1 aliphatic rings. The summed E-state index contributed by atoms with van der Waals surface area (Å²) < 4.78 is 8.05. The summed E-state index contributed by atoms with van der Waals surface area (Å²) in [4.78, 5) is 2.27. The maximum Gasteiger partial charge on any atom is 0.247 e. The molecule has 0 saturated carbocycles. The van der Waals surface area contributed by atoms with Gasteiger partial charge in [-0.25, -0.2) is 0 Å². The molecule has 9 heteroatoms. The van der Waals surface area contributed by atoms with E-state index in [0.717, 1.165) is 48.3 Å². The van der Waals surface area contributed by atoms with Crippen LogP contribution in [0, 0.1) is 6.92 Å². The predicted molar refractivity (Wildman–Crippen MR) is 127 cm³/mol. The van der Waals surface area contributed by atoms with Crippen LogP contribution in [-0.4, -0.2) is 38.1 Å². The molecule has 0 amide bonds. The van der Waals surface area contributed by atoms with E-state index in [-0.39, 0.29) is 5.25 Å². The SMILES string of the molecule is Cc1ccc(-c2nnc(C(C)Sc3nnc(N4CCCC4)n3-c3cccc(Cl)c3)o2)cc1. The van der Waals surface area contributed by atoms with Gasteiger partial charge >= 0.3 is 0 Å². The lowest BCUT2D eigenvalue weighted by Gasteiger charge is -2.19. The first kappa shape index (κ1) is 21.0. The second kappa shape index (κ2) is 8.96. The monoisotopic (exact) mass is 466 g/mol. The van der Waals surface area contributed by atoms with Gasteiger partial charge in [0.2, 0.25) is 17.7 Å². The molecule has 1 aliphatic heterocycles. The number of aromatic nitrogens is 5. The summed E-state index contributed by atoms with van der Waals surface area (Å²) in [6.07, 6.45) is 2.32. The molecule has 32 heavy (non-hydrogen) atoms. The average Bonchev–Trinajstić information content (AvgIpc) is 3.55. The quantitative estimate of drug-likeness (QED) is 0.336. The third kappa shape index (κ3) is 4.25. The van der Waals surface area contributed by atoms with Crippen LogP contribution in [0.3, 0.4) is 0 Å². The molecule has 7 nitrogen and oxygen atoms in total. The van der Waals surface area contributed by atoms with Crippen LogP contribution in [0.1, 0.15) is 36.5 Å². The molecule has 0 radical (unpaired) electrons. The molecular weight excluding hydrogens is 444 g/mol. The normalized spacial score (nSPS) is 14.8. The Morgan fingerprint density at radius 1 is 1.00 bits per heavy atom. The van der Waals surface area contributed by atoms with Crippen LogP contribution in [0.15, 0.2) is 58.1 Å². The average molecular weight is 467 g/mol. The number of hydrogen-bond acceptors (Lipinski definition) is 7. The van der Waals surface area contributed by atoms with Crippen molar-refractivity contribution in [1.82, 2.24) is 25.0 Å². The minimum atomic E-state index is -0.102. The standard InChI is InChI=1S/C23H23ClN6OS/c1-15-8-10-17(11-9-15)21-26-25-20(31-21)16(2)32-23-28-27-22(29-12-3-4-13-29)30(23)19-7-5-6-18(24)14-19/h5-11,14,16H,3-4,12-13H2,1-2H3. The van der Waals surface area contributed by atoms with Gasteiger partial charge in [0.25, 0.3) is 0 Å². The molecule has 1 fully saturated rings. The minimum absolute atomic E-state index is 0.102. The number of anilines is 1. The molecule has 0 aliphatic carbocycles. The second-order valence-electron chi connectivity index (χ2n) is 7.86. The van der Waals surface area contributed by atoms with Gasteiger partial charge in [0.1, 0.15) is 0 Å². The van der Waals surface area contributed by atoms with E-state index in [1.165, 1.54) is 17.3 Å². The van der Waals surface area contributed by atoms with Crippen LogP contribution in [0.5, 0.6) is 0 Å². The first-order valence-corrected chi connectivity index (χ1v) is 11.9. The fourth-order valence-electron chi connectivity index (χ4n) is 3.72. The molecule has 1 atom stereocenters. The Morgan fingerprint density at radius 3 is 2.53 bits per heavy atom. The lowest BCUT2D eigenvalue weighted by Crippen LogP contribution is -2.22. The zero-order valence-electron chi connectivity index (χ0n) is 17.9. The summed E-state index contributed by atoms with van der Waals surface area (Å²) in [7, 11) is 0. The van der Waals surface area contributed by atoms with Gasteiger partial charge in [0, 0.05) is 23.7 Å². The maximum absolute atomic E-state index is 6.29. The molecule has 0 spiro atoms. The van der Waals surface area contributed by atoms with Gasteiger partial charge in [0.15, 0.2) is 5.16 Å². The van der Waals surface area contributed by atoms with Crippen molar-refractivity contribution in [3.8, 4) is 17.1 Å². The molecule has 0 bridgehead atoms. The number of aryl methyl sites for hydroxylation is 1. The number of rotatable bonds is 6. The molecule has 0 N–H and O–H groups in total. The summed E-state index contributed by atoms with van der Waals surface area (Å²) in [5.74, 6) is 1.90. The maximum atomic E-state index is 6.29. The van der Waals surface area contributed by atoms with Crippen LogP contribution in [0.25, 0.3) is 17.1 Å². The van der Waals surface area contributed by atoms with Gasteiger partial charge in [-0.3, -0.25) is 4.57 Å². The minimum Gasteiger partial charge on any atom is -0.419 e. The van der Waals surface area contributed by atoms with Crippen molar-refractivity contribution in [2.45, 2.75) is 37.1 Å². The molecule has 5 rings (SSSR count). The molecule has 4 aromatic rings. The highest BCUT2D eigenvalue weighted by molar-refractivity contribution is 7.99. The zero-order chi connectivity index (χ0) is 22.1. The van der Waals surface area contributed by atoms with E-state index in [9.17, 15) is 0 Å². The van der Waals surface area contributed by atoms with Gasteiger partial charge < -0.3 is 9.32 Å². The molecule has 1 saturated heterocycles. The van der Waals surface area contributed by atoms with Crippen LogP contribution >= 0.6 is 23.4 Å². The Balaban J connectivity index is 1.44. The van der Waals surface area contributed by atoms with E-state index in [0.29, 0.717) is 16.8 Å². The first-order valence-electron chi connectivity index (χ1n) is 10.6. The number of benzene rings is 2. The number of halogens is 1. The van der Waals surface area contributed by atoms with Crippen molar-refractivity contribution < 1.29 is 4.42 Å². The van der Waals surface area contributed by atoms with E-state index in [1.807, 2.05) is 62.4 Å². The van der Waals surface area contributed by atoms with Gasteiger partial charge in [-0.2, -0.15) is 0 Å². The third-order valence-corrected chi connectivity index (χ3v) is 6.71. The van der Waals surface area contributed by atoms with Crippen molar-refractivity contribution in [3.05, 3.63) is 65.0 Å². The Bertz CT molecular complexity index is 1220. The number of thioether (sulfide) groups is 1. The lowest BCUT2D eigenvalue weighted by molar-refractivity contribution is 0.509. The van der Waals surface area contributed by atoms with E-state index >= 15 is 0 Å². The van der Waals surface area contributed by atoms with E-state index in [1.54, 1.807) is 0 Å². The van der Waals surface area contributed by atoms with Crippen LogP contribution in [0.4, 0.5) is 5.95 Å². The number of hydrogen-bond donors (Lipinski definition) is 0. The topological polar surface area (TPSA) is 72.9 Å². The molecule has 2 aromatic carbocycles. The number of nitrogens with zero attached hydrogens (tertiary/aromatic N) is 6. The highest BCUT2D eigenvalue weighted by Crippen LogP contribution is 2.37. The van der Waals surface area contributed by atoms with E-state index in [2.05, 4.69) is 29.9 Å². The molecular formula is C23H23ClN6OS. The molecule has 3 heterocycles. The van der Waals surface area contributed by atoms with Crippen LogP contribution in [-0.2, 0) is 0 Å². The smallest absolute Gasteiger partial charge is 0.247 e. The van der Waals surface area contributed by atoms with Crippen molar-refractivity contribution in [2.75, 3.05) is 18.0 Å². The Kier molecular flexibility index (Phi) is 5.89. The highest BCUT2D eigenvalue weighted by Gasteiger charge is 2.25. The lowest BCUT2D eigenvalue weighted by atomic mass is 10.1. The van der Waals surface area contributed by atoms with Gasteiger partial charge in [-0.05, 0) is 57.0 Å². The summed E-state index contributed by atoms with van der Waals surface area (Å²) in [5, 5.41) is 18.9. The summed E-state index contributed by atoms with van der Waals surface area (Å²) >= 11 is 7.83. The third-order valence-electron chi connectivity index (χ3n) is 5.44. The molecule has 2 aromatic heterocycles. The van der Waals surface area contributed by atoms with Crippen LogP contribution < -0.4 is 4.90 Å². The Morgan fingerprint density at radius 2 is 1.78 bits per heavy atom. The van der Waals surface area contributed by atoms with E-state index < -0.39 is 0 Å². The Hall–Kier alpha value is -2.84. The zero-order valence-corrected chi connectivity index (χ0v) is 19.5. The fourth-order valence-corrected chi connectivity index (χ4v) is 4.80. The van der Waals surface area contributed by atoms with Crippen molar-refractivity contribution in [3.63, 3.8) is 0 Å². The van der Waals surface area contributed by atoms with Crippen molar-refractivity contribution >= 4 is 29.3 Å². The predicted octanol–water partition coefficient (Wildman–Crippen LogP) is 5.73. The summed E-state index contributed by atoms with van der Waals surface area (Å²) in [6.45, 7) is 6.03. The second-order valence-corrected chi connectivity index (χ2v) is 9.61. The first-order chi connectivity index (χ1) is 15.6. The summed E-state index contributed by atoms with van der Waals surface area (Å²) in [6, 6.07) is 15.8.